The molecule has 2 heterocycles. The lowest BCUT2D eigenvalue weighted by Gasteiger charge is -2.16. The number of hydrogen-bond acceptors (Lipinski definition) is 4. The van der Waals surface area contributed by atoms with Crippen molar-refractivity contribution in [1.29, 1.82) is 0 Å². The largest absolute Gasteiger partial charge is 0.453 e. The zero-order valence-corrected chi connectivity index (χ0v) is 12.8. The molecule has 1 unspecified atom stereocenters. The van der Waals surface area contributed by atoms with E-state index in [2.05, 4.69) is 32.6 Å². The van der Waals surface area contributed by atoms with E-state index in [0.29, 0.717) is 13.1 Å². The number of ether oxygens (including phenoxy) is 1. The molecule has 1 aromatic heterocycles. The summed E-state index contributed by atoms with van der Waals surface area (Å²) in [5.74, 6) is 0.0309. The first-order chi connectivity index (χ1) is 8.60. The first kappa shape index (κ1) is 13.6. The third-order valence-electron chi connectivity index (χ3n) is 2.80. The van der Waals surface area contributed by atoms with E-state index in [0.717, 1.165) is 14.9 Å². The molecule has 2 rings (SSSR count). The van der Waals surface area contributed by atoms with Crippen molar-refractivity contribution in [3.63, 3.8) is 0 Å². The summed E-state index contributed by atoms with van der Waals surface area (Å²) in [6, 6.07) is 1.87. The van der Waals surface area contributed by atoms with Crippen molar-refractivity contribution in [2.24, 2.45) is 0 Å². The second-order valence-electron chi connectivity index (χ2n) is 4.01. The first-order valence-electron chi connectivity index (χ1n) is 5.48. The molecule has 1 aliphatic rings. The second kappa shape index (κ2) is 5.87. The number of carbonyl (C=O) groups excluding carboxylic acids is 2. The van der Waals surface area contributed by atoms with Crippen molar-refractivity contribution in [1.82, 2.24) is 10.2 Å². The summed E-state index contributed by atoms with van der Waals surface area (Å²) in [6.45, 7) is 1.21. The van der Waals surface area contributed by atoms with Gasteiger partial charge < -0.3 is 15.0 Å². The van der Waals surface area contributed by atoms with Crippen LogP contribution in [-0.2, 0) is 4.74 Å². The van der Waals surface area contributed by atoms with Crippen LogP contribution in [0, 0.1) is 2.88 Å². The molecule has 0 aliphatic carbocycles. The predicted molar refractivity (Wildman–Crippen MR) is 76.9 cm³/mol. The lowest BCUT2D eigenvalue weighted by molar-refractivity contribution is 0.0788. The van der Waals surface area contributed by atoms with Crippen LogP contribution in [0.1, 0.15) is 16.8 Å². The molecule has 0 aromatic carbocycles. The van der Waals surface area contributed by atoms with Gasteiger partial charge in [0, 0.05) is 18.5 Å². The number of methoxy groups -OCH3 is 1. The van der Waals surface area contributed by atoms with E-state index in [1.165, 1.54) is 7.11 Å². The number of carbonyl (C=O) groups is 2. The molecular formula is C11H13IN2O3S. The van der Waals surface area contributed by atoms with E-state index < -0.39 is 6.09 Å². The van der Waals surface area contributed by atoms with Crippen molar-refractivity contribution in [2.45, 2.75) is 12.5 Å². The molecule has 1 saturated heterocycles. The number of nitrogens with one attached hydrogen (secondary N) is 1. The highest BCUT2D eigenvalue weighted by Gasteiger charge is 2.28. The zero-order valence-electron chi connectivity index (χ0n) is 9.81. The minimum atomic E-state index is -0.445. The summed E-state index contributed by atoms with van der Waals surface area (Å²) in [4.78, 5) is 25.0. The Balaban J connectivity index is 1.92. The monoisotopic (exact) mass is 380 g/mol. The summed E-state index contributed by atoms with van der Waals surface area (Å²) in [6.07, 6.45) is 0.321. The fraction of sp³-hybridized carbons (Fsp3) is 0.455. The SMILES string of the molecule is COC(=O)NC1CCN(C(=O)c2csc(I)c2)C1. The molecule has 98 valence electrons. The lowest BCUT2D eigenvalue weighted by Crippen LogP contribution is -2.38. The molecule has 7 heteroatoms. The summed E-state index contributed by atoms with van der Waals surface area (Å²) in [7, 11) is 1.33. The van der Waals surface area contributed by atoms with Crippen LogP contribution >= 0.6 is 33.9 Å². The summed E-state index contributed by atoms with van der Waals surface area (Å²) in [5.41, 5.74) is 0.725. The third-order valence-corrected chi connectivity index (χ3v) is 4.59. The molecule has 0 bridgehead atoms. The number of nitrogens with zero attached hydrogens (tertiary/aromatic N) is 1. The smallest absolute Gasteiger partial charge is 0.407 e. The molecule has 0 spiro atoms. The lowest BCUT2D eigenvalue weighted by atomic mass is 10.3. The van der Waals surface area contributed by atoms with E-state index in [-0.39, 0.29) is 11.9 Å². The number of likely N-dealkylation sites (tertiary alicyclic amines) is 1. The Morgan fingerprint density at radius 3 is 3.00 bits per heavy atom. The van der Waals surface area contributed by atoms with Crippen molar-refractivity contribution in [2.75, 3.05) is 20.2 Å². The van der Waals surface area contributed by atoms with E-state index in [4.69, 9.17) is 0 Å². The highest BCUT2D eigenvalue weighted by atomic mass is 127. The zero-order chi connectivity index (χ0) is 13.1. The number of alkyl carbamates (subject to hydrolysis) is 1. The Morgan fingerprint density at radius 1 is 1.61 bits per heavy atom. The maximum atomic E-state index is 12.1. The molecule has 1 N–H and O–H groups in total. The maximum absolute atomic E-state index is 12.1. The minimum absolute atomic E-state index is 0.0147. The van der Waals surface area contributed by atoms with Crippen LogP contribution in [0.5, 0.6) is 0 Å². The predicted octanol–water partition coefficient (Wildman–Crippen LogP) is 1.92. The first-order valence-corrected chi connectivity index (χ1v) is 7.44. The van der Waals surface area contributed by atoms with Gasteiger partial charge in [-0.15, -0.1) is 11.3 Å². The molecular weight excluding hydrogens is 367 g/mol. The molecule has 18 heavy (non-hydrogen) atoms. The van der Waals surface area contributed by atoms with Gasteiger partial charge in [-0.3, -0.25) is 4.79 Å². The molecule has 2 amide bonds. The van der Waals surface area contributed by atoms with E-state index >= 15 is 0 Å². The average molecular weight is 380 g/mol. The van der Waals surface area contributed by atoms with Crippen LogP contribution in [0.15, 0.2) is 11.4 Å². The number of rotatable bonds is 2. The van der Waals surface area contributed by atoms with Crippen molar-refractivity contribution in [3.05, 3.63) is 19.9 Å². The van der Waals surface area contributed by atoms with Crippen LogP contribution < -0.4 is 5.32 Å². The Morgan fingerprint density at radius 2 is 2.39 bits per heavy atom. The summed E-state index contributed by atoms with van der Waals surface area (Å²) in [5, 5.41) is 4.58. The molecule has 1 fully saturated rings. The van der Waals surface area contributed by atoms with Crippen LogP contribution in [0.25, 0.3) is 0 Å². The van der Waals surface area contributed by atoms with Gasteiger partial charge in [-0.25, -0.2) is 4.79 Å². The minimum Gasteiger partial charge on any atom is -0.453 e. The van der Waals surface area contributed by atoms with Crippen molar-refractivity contribution >= 4 is 45.9 Å². The normalized spacial score (nSPS) is 18.8. The van der Waals surface area contributed by atoms with Gasteiger partial charge in [-0.2, -0.15) is 0 Å². The van der Waals surface area contributed by atoms with E-state index in [9.17, 15) is 9.59 Å². The molecule has 1 aliphatic heterocycles. The fourth-order valence-corrected chi connectivity index (χ4v) is 3.21. The standard InChI is InChI=1S/C11H13IN2O3S/c1-17-11(16)13-8-2-3-14(5-8)10(15)7-4-9(12)18-6-7/h4,6,8H,2-3,5H2,1H3,(H,13,16). The quantitative estimate of drug-likeness (QED) is 0.798. The van der Waals surface area contributed by atoms with Gasteiger partial charge >= 0.3 is 6.09 Å². The Kier molecular flexibility index (Phi) is 4.44. The average Bonchev–Trinajstić information content (AvgIpc) is 2.97. The van der Waals surface area contributed by atoms with Gasteiger partial charge in [0.2, 0.25) is 0 Å². The third kappa shape index (κ3) is 3.14. The molecule has 5 nitrogen and oxygen atoms in total. The number of hydrogen-bond donors (Lipinski definition) is 1. The molecule has 1 aromatic rings. The van der Waals surface area contributed by atoms with Gasteiger partial charge in [0.15, 0.2) is 0 Å². The van der Waals surface area contributed by atoms with Crippen LogP contribution in [0.2, 0.25) is 0 Å². The van der Waals surface area contributed by atoms with Gasteiger partial charge in [0.1, 0.15) is 0 Å². The van der Waals surface area contributed by atoms with Gasteiger partial charge in [0.05, 0.1) is 21.6 Å². The van der Waals surface area contributed by atoms with Crippen molar-refractivity contribution in [3.8, 4) is 0 Å². The number of halogens is 1. The van der Waals surface area contributed by atoms with Gasteiger partial charge in [0.25, 0.3) is 5.91 Å². The highest BCUT2D eigenvalue weighted by molar-refractivity contribution is 14.1. The van der Waals surface area contributed by atoms with Crippen LogP contribution in [-0.4, -0.2) is 43.1 Å². The molecule has 0 saturated carbocycles. The van der Waals surface area contributed by atoms with Crippen molar-refractivity contribution < 1.29 is 14.3 Å². The highest BCUT2D eigenvalue weighted by Crippen LogP contribution is 2.20. The van der Waals surface area contributed by atoms with Crippen LogP contribution in [0.3, 0.4) is 0 Å². The summed E-state index contributed by atoms with van der Waals surface area (Å²) < 4.78 is 5.64. The Bertz CT molecular complexity index is 463. The molecule has 0 radical (unpaired) electrons. The summed E-state index contributed by atoms with van der Waals surface area (Å²) >= 11 is 3.75. The van der Waals surface area contributed by atoms with Gasteiger partial charge in [-0.05, 0) is 35.1 Å². The van der Waals surface area contributed by atoms with E-state index in [1.54, 1.807) is 16.2 Å². The fourth-order valence-electron chi connectivity index (χ4n) is 1.89. The number of amides is 2. The second-order valence-corrected chi connectivity index (χ2v) is 6.82. The van der Waals surface area contributed by atoms with Gasteiger partial charge in [-0.1, -0.05) is 0 Å². The van der Waals surface area contributed by atoms with Crippen LogP contribution in [0.4, 0.5) is 4.79 Å². The van der Waals surface area contributed by atoms with E-state index in [1.807, 2.05) is 11.4 Å². The maximum Gasteiger partial charge on any atom is 0.407 e. The molecule has 1 atom stereocenters. The Hall–Kier alpha value is -0.830. The Labute approximate surface area is 123 Å². The topological polar surface area (TPSA) is 58.6 Å². The number of thiophene rings is 1.